The van der Waals surface area contributed by atoms with Crippen molar-refractivity contribution < 1.29 is 0 Å². The molecule has 1 heterocycles. The average Bonchev–Trinajstić information content (AvgIpc) is 3.08. The van der Waals surface area contributed by atoms with Crippen LogP contribution in [0.15, 0.2) is 0 Å². The van der Waals surface area contributed by atoms with Crippen LogP contribution in [0.25, 0.3) is 0 Å². The Hall–Kier alpha value is -0.0800. The molecule has 0 aromatic heterocycles. The molecule has 20 heavy (non-hydrogen) atoms. The number of nitrogens with zero attached hydrogens (tertiary/aromatic N) is 1. The number of rotatable bonds is 4. The minimum atomic E-state index is 0.693. The smallest absolute Gasteiger partial charge is 0.0221 e. The highest BCUT2D eigenvalue weighted by molar-refractivity contribution is 4.98. The van der Waals surface area contributed by atoms with Crippen LogP contribution < -0.4 is 5.32 Å². The van der Waals surface area contributed by atoms with Crippen LogP contribution in [-0.2, 0) is 0 Å². The minimum absolute atomic E-state index is 0.693. The maximum atomic E-state index is 3.79. The molecule has 3 fully saturated rings. The van der Waals surface area contributed by atoms with Crippen LogP contribution in [0.4, 0.5) is 0 Å². The van der Waals surface area contributed by atoms with Crippen LogP contribution in [0.2, 0.25) is 0 Å². The third-order valence-corrected chi connectivity index (χ3v) is 6.70. The summed E-state index contributed by atoms with van der Waals surface area (Å²) in [6.45, 7) is 12.1. The number of piperazine rings is 1. The zero-order valence-corrected chi connectivity index (χ0v) is 13.9. The Morgan fingerprint density at radius 1 is 1.15 bits per heavy atom. The molecule has 3 aliphatic rings. The molecule has 116 valence electrons. The van der Waals surface area contributed by atoms with E-state index in [4.69, 9.17) is 0 Å². The lowest BCUT2D eigenvalue weighted by atomic mass is 9.82. The van der Waals surface area contributed by atoms with Crippen molar-refractivity contribution in [1.82, 2.24) is 10.2 Å². The predicted octanol–water partition coefficient (Wildman–Crippen LogP) is 3.52. The van der Waals surface area contributed by atoms with E-state index in [1.54, 1.807) is 6.42 Å². The van der Waals surface area contributed by atoms with E-state index in [1.807, 2.05) is 0 Å². The molecule has 6 unspecified atom stereocenters. The first-order valence-corrected chi connectivity index (χ1v) is 9.09. The highest BCUT2D eigenvalue weighted by atomic mass is 15.3. The molecule has 0 aromatic rings. The van der Waals surface area contributed by atoms with E-state index in [0.717, 1.165) is 35.8 Å². The molecular formula is C18H34N2. The zero-order chi connectivity index (χ0) is 14.3. The standard InChI is InChI=1S/C18H34N2/c1-5-16-10-19-18(12(2)3)11-20(16)13(4)17-9-14-6-7-15(17)8-14/h12-19H,5-11H2,1-4H3. The summed E-state index contributed by atoms with van der Waals surface area (Å²) in [7, 11) is 0. The minimum Gasteiger partial charge on any atom is -0.311 e. The summed E-state index contributed by atoms with van der Waals surface area (Å²) in [6, 6.07) is 2.26. The fourth-order valence-electron chi connectivity index (χ4n) is 5.30. The number of nitrogens with one attached hydrogen (secondary N) is 1. The van der Waals surface area contributed by atoms with E-state index in [9.17, 15) is 0 Å². The van der Waals surface area contributed by atoms with Crippen LogP contribution in [0.5, 0.6) is 0 Å². The molecule has 1 aliphatic heterocycles. The molecule has 2 saturated carbocycles. The van der Waals surface area contributed by atoms with Gasteiger partial charge in [-0.2, -0.15) is 0 Å². The topological polar surface area (TPSA) is 15.3 Å². The van der Waals surface area contributed by atoms with Crippen LogP contribution in [0, 0.1) is 23.7 Å². The van der Waals surface area contributed by atoms with Gasteiger partial charge < -0.3 is 5.32 Å². The first-order chi connectivity index (χ1) is 9.60. The Labute approximate surface area is 125 Å². The normalized spacial score (nSPS) is 43.4. The van der Waals surface area contributed by atoms with Gasteiger partial charge in [-0.05, 0) is 56.3 Å². The van der Waals surface area contributed by atoms with Gasteiger partial charge in [0.2, 0.25) is 0 Å². The molecule has 6 atom stereocenters. The molecule has 2 aliphatic carbocycles. The third kappa shape index (κ3) is 2.66. The summed E-state index contributed by atoms with van der Waals surface area (Å²) in [6.07, 6.45) is 7.42. The monoisotopic (exact) mass is 278 g/mol. The highest BCUT2D eigenvalue weighted by Gasteiger charge is 2.45. The summed E-state index contributed by atoms with van der Waals surface area (Å²) in [5.74, 6) is 3.88. The van der Waals surface area contributed by atoms with Crippen molar-refractivity contribution in [3.05, 3.63) is 0 Å². The lowest BCUT2D eigenvalue weighted by Crippen LogP contribution is -2.61. The van der Waals surface area contributed by atoms with Gasteiger partial charge in [-0.15, -0.1) is 0 Å². The molecule has 2 heteroatoms. The number of hydrogen-bond donors (Lipinski definition) is 1. The largest absolute Gasteiger partial charge is 0.311 e. The molecule has 2 bridgehead atoms. The summed E-state index contributed by atoms with van der Waals surface area (Å²) < 4.78 is 0. The fraction of sp³-hybridized carbons (Fsp3) is 1.00. The predicted molar refractivity (Wildman–Crippen MR) is 85.8 cm³/mol. The quantitative estimate of drug-likeness (QED) is 0.846. The second-order valence-electron chi connectivity index (χ2n) is 8.10. The SMILES string of the molecule is CCC1CNC(C(C)C)CN1C(C)C1CC2CCC1C2. The fourth-order valence-corrected chi connectivity index (χ4v) is 5.30. The van der Waals surface area contributed by atoms with E-state index < -0.39 is 0 Å². The Kier molecular flexibility index (Phi) is 4.42. The molecule has 3 rings (SSSR count). The number of fused-ring (bicyclic) bond motifs is 2. The third-order valence-electron chi connectivity index (χ3n) is 6.70. The molecule has 0 amide bonds. The average molecular weight is 278 g/mol. The van der Waals surface area contributed by atoms with Gasteiger partial charge in [0, 0.05) is 31.2 Å². The van der Waals surface area contributed by atoms with Crippen LogP contribution >= 0.6 is 0 Å². The molecule has 1 saturated heterocycles. The van der Waals surface area contributed by atoms with Crippen molar-refractivity contribution in [3.8, 4) is 0 Å². The van der Waals surface area contributed by atoms with Crippen molar-refractivity contribution in [3.63, 3.8) is 0 Å². The van der Waals surface area contributed by atoms with Crippen molar-refractivity contribution in [2.24, 2.45) is 23.7 Å². The Balaban J connectivity index is 1.68. The van der Waals surface area contributed by atoms with Gasteiger partial charge >= 0.3 is 0 Å². The van der Waals surface area contributed by atoms with E-state index in [1.165, 1.54) is 38.8 Å². The van der Waals surface area contributed by atoms with E-state index in [-0.39, 0.29) is 0 Å². The maximum absolute atomic E-state index is 3.79. The second-order valence-corrected chi connectivity index (χ2v) is 8.10. The van der Waals surface area contributed by atoms with E-state index in [0.29, 0.717) is 6.04 Å². The molecular weight excluding hydrogens is 244 g/mol. The van der Waals surface area contributed by atoms with Crippen molar-refractivity contribution in [2.75, 3.05) is 13.1 Å². The summed E-state index contributed by atoms with van der Waals surface area (Å²) in [5, 5.41) is 3.79. The van der Waals surface area contributed by atoms with Gasteiger partial charge in [-0.3, -0.25) is 4.90 Å². The van der Waals surface area contributed by atoms with Gasteiger partial charge in [0.1, 0.15) is 0 Å². The van der Waals surface area contributed by atoms with E-state index >= 15 is 0 Å². The van der Waals surface area contributed by atoms with Gasteiger partial charge in [0.25, 0.3) is 0 Å². The van der Waals surface area contributed by atoms with Crippen molar-refractivity contribution in [1.29, 1.82) is 0 Å². The number of hydrogen-bond acceptors (Lipinski definition) is 2. The lowest BCUT2D eigenvalue weighted by molar-refractivity contribution is 0.0335. The Morgan fingerprint density at radius 2 is 1.95 bits per heavy atom. The van der Waals surface area contributed by atoms with Gasteiger partial charge in [-0.25, -0.2) is 0 Å². The van der Waals surface area contributed by atoms with Crippen LogP contribution in [0.1, 0.15) is 59.8 Å². The van der Waals surface area contributed by atoms with E-state index in [2.05, 4.69) is 37.9 Å². The Morgan fingerprint density at radius 3 is 2.50 bits per heavy atom. The van der Waals surface area contributed by atoms with Crippen molar-refractivity contribution in [2.45, 2.75) is 77.9 Å². The molecule has 0 aromatic carbocycles. The molecule has 2 nitrogen and oxygen atoms in total. The van der Waals surface area contributed by atoms with Crippen molar-refractivity contribution >= 4 is 0 Å². The molecule has 0 spiro atoms. The summed E-state index contributed by atoms with van der Waals surface area (Å²) in [4.78, 5) is 2.88. The van der Waals surface area contributed by atoms with Gasteiger partial charge in [0.15, 0.2) is 0 Å². The molecule has 0 radical (unpaired) electrons. The highest BCUT2D eigenvalue weighted by Crippen LogP contribution is 2.50. The first-order valence-electron chi connectivity index (χ1n) is 9.09. The molecule has 1 N–H and O–H groups in total. The second kappa shape index (κ2) is 5.96. The Bertz CT molecular complexity index is 327. The maximum Gasteiger partial charge on any atom is 0.0221 e. The van der Waals surface area contributed by atoms with Gasteiger partial charge in [-0.1, -0.05) is 27.2 Å². The van der Waals surface area contributed by atoms with Gasteiger partial charge in [0.05, 0.1) is 0 Å². The zero-order valence-electron chi connectivity index (χ0n) is 13.9. The lowest BCUT2D eigenvalue weighted by Gasteiger charge is -2.47. The summed E-state index contributed by atoms with van der Waals surface area (Å²) >= 11 is 0. The van der Waals surface area contributed by atoms with Crippen LogP contribution in [0.3, 0.4) is 0 Å². The first kappa shape index (κ1) is 14.8. The summed E-state index contributed by atoms with van der Waals surface area (Å²) in [5.41, 5.74) is 0. The van der Waals surface area contributed by atoms with Crippen LogP contribution in [-0.4, -0.2) is 36.1 Å².